The Morgan fingerprint density at radius 1 is 0.484 bits per heavy atom. The van der Waals surface area contributed by atoms with E-state index in [1.165, 1.54) is 22.3 Å². The summed E-state index contributed by atoms with van der Waals surface area (Å²) in [4.78, 5) is 12.0. The molecule has 3 nitrogen and oxygen atoms in total. The SMILES string of the molecule is O=NN(CC(c1ccccc1)c1ccccc1)CC(c1ccccc1)c1ccccc1. The molecule has 0 bridgehead atoms. The zero-order valence-corrected chi connectivity index (χ0v) is 17.4. The minimum atomic E-state index is 0.0623. The summed E-state index contributed by atoms with van der Waals surface area (Å²) in [6.45, 7) is 1.04. The molecular formula is C28H26N2O. The van der Waals surface area contributed by atoms with Crippen molar-refractivity contribution in [2.45, 2.75) is 11.8 Å². The lowest BCUT2D eigenvalue weighted by Crippen LogP contribution is -2.29. The number of hydrogen-bond donors (Lipinski definition) is 0. The lowest BCUT2D eigenvalue weighted by molar-refractivity contribution is 0.266. The minimum Gasteiger partial charge on any atom is -0.259 e. The third-order valence-corrected chi connectivity index (χ3v) is 5.71. The summed E-state index contributed by atoms with van der Waals surface area (Å²) in [7, 11) is 0. The molecule has 0 saturated heterocycles. The van der Waals surface area contributed by atoms with Gasteiger partial charge >= 0.3 is 0 Å². The first kappa shape index (κ1) is 20.5. The molecule has 0 aromatic heterocycles. The predicted octanol–water partition coefficient (Wildman–Crippen LogP) is 6.63. The molecule has 4 aromatic rings. The van der Waals surface area contributed by atoms with Crippen molar-refractivity contribution in [1.82, 2.24) is 5.01 Å². The fourth-order valence-electron chi connectivity index (χ4n) is 4.11. The molecule has 31 heavy (non-hydrogen) atoms. The van der Waals surface area contributed by atoms with E-state index in [1.54, 1.807) is 5.01 Å². The first-order chi connectivity index (χ1) is 15.3. The summed E-state index contributed by atoms with van der Waals surface area (Å²) < 4.78 is 0. The second kappa shape index (κ2) is 10.4. The molecule has 0 unspecified atom stereocenters. The molecule has 0 aliphatic rings. The number of nitrogens with zero attached hydrogens (tertiary/aromatic N) is 2. The Balaban J connectivity index is 1.64. The molecule has 0 amide bonds. The summed E-state index contributed by atoms with van der Waals surface area (Å²) >= 11 is 0. The van der Waals surface area contributed by atoms with Gasteiger partial charge in [0.05, 0.1) is 18.4 Å². The van der Waals surface area contributed by atoms with Crippen molar-refractivity contribution in [3.8, 4) is 0 Å². The molecule has 3 heteroatoms. The molecule has 0 aliphatic heterocycles. The van der Waals surface area contributed by atoms with Crippen LogP contribution in [0.2, 0.25) is 0 Å². The molecule has 0 atom stereocenters. The highest BCUT2D eigenvalue weighted by Crippen LogP contribution is 2.29. The first-order valence-corrected chi connectivity index (χ1v) is 10.6. The van der Waals surface area contributed by atoms with Gasteiger partial charge in [0.1, 0.15) is 0 Å². The molecule has 0 spiro atoms. The van der Waals surface area contributed by atoms with Crippen molar-refractivity contribution in [2.24, 2.45) is 5.29 Å². The summed E-state index contributed by atoms with van der Waals surface area (Å²) in [6.07, 6.45) is 0. The van der Waals surface area contributed by atoms with Gasteiger partial charge in [-0.15, -0.1) is 4.91 Å². The Kier molecular flexibility index (Phi) is 6.86. The van der Waals surface area contributed by atoms with E-state index in [0.717, 1.165) is 0 Å². The van der Waals surface area contributed by atoms with Crippen molar-refractivity contribution in [3.63, 3.8) is 0 Å². The molecule has 154 valence electrons. The molecule has 4 aromatic carbocycles. The van der Waals surface area contributed by atoms with Crippen LogP contribution >= 0.6 is 0 Å². The third kappa shape index (κ3) is 5.26. The molecule has 0 saturated carbocycles. The van der Waals surface area contributed by atoms with E-state index in [9.17, 15) is 4.91 Å². The maximum absolute atomic E-state index is 12.0. The molecule has 4 rings (SSSR count). The van der Waals surface area contributed by atoms with Crippen LogP contribution < -0.4 is 0 Å². The third-order valence-electron chi connectivity index (χ3n) is 5.71. The maximum atomic E-state index is 12.0. The lowest BCUT2D eigenvalue weighted by Gasteiger charge is -2.28. The number of benzene rings is 4. The van der Waals surface area contributed by atoms with Crippen molar-refractivity contribution in [2.75, 3.05) is 13.1 Å². The Labute approximate surface area is 183 Å². The van der Waals surface area contributed by atoms with Crippen LogP contribution in [0.4, 0.5) is 0 Å². The molecule has 0 heterocycles. The Morgan fingerprint density at radius 3 is 0.968 bits per heavy atom. The van der Waals surface area contributed by atoms with Gasteiger partial charge in [0.2, 0.25) is 0 Å². The van der Waals surface area contributed by atoms with Gasteiger partial charge < -0.3 is 0 Å². The number of nitroso groups, excluding NO2 is 1. The molecule has 0 radical (unpaired) electrons. The fraction of sp³-hybridized carbons (Fsp3) is 0.143. The summed E-state index contributed by atoms with van der Waals surface area (Å²) in [5, 5.41) is 5.13. The van der Waals surface area contributed by atoms with Gasteiger partial charge in [-0.05, 0) is 22.3 Å². The van der Waals surface area contributed by atoms with Gasteiger partial charge in [-0.25, -0.2) is 0 Å². The highest BCUT2D eigenvalue weighted by atomic mass is 16.3. The van der Waals surface area contributed by atoms with Crippen LogP contribution in [0, 0.1) is 4.91 Å². The lowest BCUT2D eigenvalue weighted by atomic mass is 9.89. The quantitative estimate of drug-likeness (QED) is 0.231. The van der Waals surface area contributed by atoms with E-state index in [0.29, 0.717) is 13.1 Å². The summed E-state index contributed by atoms with van der Waals surface area (Å²) in [6, 6.07) is 41.3. The Morgan fingerprint density at radius 2 is 0.742 bits per heavy atom. The topological polar surface area (TPSA) is 32.7 Å². The van der Waals surface area contributed by atoms with Crippen molar-refractivity contribution >= 4 is 0 Å². The minimum absolute atomic E-state index is 0.0623. The van der Waals surface area contributed by atoms with E-state index in [-0.39, 0.29) is 11.8 Å². The second-order valence-corrected chi connectivity index (χ2v) is 7.70. The van der Waals surface area contributed by atoms with Gasteiger partial charge in [0.25, 0.3) is 0 Å². The Hall–Kier alpha value is -3.72. The van der Waals surface area contributed by atoms with Crippen LogP contribution in [-0.2, 0) is 0 Å². The smallest absolute Gasteiger partial charge is 0.0524 e. The zero-order chi connectivity index (χ0) is 21.3. The normalized spacial score (nSPS) is 10.9. The van der Waals surface area contributed by atoms with E-state index < -0.39 is 0 Å². The number of rotatable bonds is 9. The van der Waals surface area contributed by atoms with Gasteiger partial charge in [-0.1, -0.05) is 121 Å². The van der Waals surface area contributed by atoms with Gasteiger partial charge in [-0.3, -0.25) is 5.01 Å². The van der Waals surface area contributed by atoms with E-state index in [1.807, 2.05) is 72.8 Å². The molecular weight excluding hydrogens is 380 g/mol. The highest BCUT2D eigenvalue weighted by Gasteiger charge is 2.23. The molecule has 0 N–H and O–H groups in total. The van der Waals surface area contributed by atoms with E-state index in [2.05, 4.69) is 53.8 Å². The van der Waals surface area contributed by atoms with Crippen molar-refractivity contribution < 1.29 is 0 Å². The maximum Gasteiger partial charge on any atom is 0.0524 e. The Bertz CT molecular complexity index is 889. The van der Waals surface area contributed by atoms with Crippen LogP contribution in [0.5, 0.6) is 0 Å². The molecule has 0 aliphatic carbocycles. The van der Waals surface area contributed by atoms with Crippen molar-refractivity contribution in [3.05, 3.63) is 148 Å². The first-order valence-electron chi connectivity index (χ1n) is 10.6. The van der Waals surface area contributed by atoms with E-state index >= 15 is 0 Å². The van der Waals surface area contributed by atoms with Gasteiger partial charge in [0, 0.05) is 11.8 Å². The second-order valence-electron chi connectivity index (χ2n) is 7.70. The largest absolute Gasteiger partial charge is 0.259 e. The van der Waals surface area contributed by atoms with Crippen LogP contribution in [0.3, 0.4) is 0 Å². The van der Waals surface area contributed by atoms with Crippen LogP contribution in [-0.4, -0.2) is 18.1 Å². The highest BCUT2D eigenvalue weighted by molar-refractivity contribution is 5.34. The zero-order valence-electron chi connectivity index (χ0n) is 17.4. The van der Waals surface area contributed by atoms with Crippen molar-refractivity contribution in [1.29, 1.82) is 0 Å². The summed E-state index contributed by atoms with van der Waals surface area (Å²) in [5.74, 6) is 0.125. The summed E-state index contributed by atoms with van der Waals surface area (Å²) in [5.41, 5.74) is 4.72. The van der Waals surface area contributed by atoms with Gasteiger partial charge in [-0.2, -0.15) is 0 Å². The monoisotopic (exact) mass is 406 g/mol. The van der Waals surface area contributed by atoms with Gasteiger partial charge in [0.15, 0.2) is 0 Å². The van der Waals surface area contributed by atoms with Crippen LogP contribution in [0.1, 0.15) is 34.1 Å². The van der Waals surface area contributed by atoms with Crippen LogP contribution in [0.15, 0.2) is 127 Å². The van der Waals surface area contributed by atoms with Crippen LogP contribution in [0.25, 0.3) is 0 Å². The molecule has 0 fully saturated rings. The predicted molar refractivity (Wildman–Crippen MR) is 127 cm³/mol. The standard InChI is InChI=1S/C28H26N2O/c31-29-30(21-27(23-13-5-1-6-14-23)24-15-7-2-8-16-24)22-28(25-17-9-3-10-18-25)26-19-11-4-12-20-26/h1-20,27-28H,21-22H2. The number of hydrogen-bond acceptors (Lipinski definition) is 2. The fourth-order valence-corrected chi connectivity index (χ4v) is 4.11. The average molecular weight is 407 g/mol. The average Bonchev–Trinajstić information content (AvgIpc) is 2.86. The van der Waals surface area contributed by atoms with E-state index in [4.69, 9.17) is 0 Å².